The zero-order chi connectivity index (χ0) is 18.9. The summed E-state index contributed by atoms with van der Waals surface area (Å²) in [5.41, 5.74) is 2.12. The largest absolute Gasteiger partial charge is 0.497 e. The molecule has 0 saturated heterocycles. The van der Waals surface area contributed by atoms with Crippen LogP contribution in [0, 0.1) is 0 Å². The van der Waals surface area contributed by atoms with Gasteiger partial charge in [-0.25, -0.2) is 9.97 Å². The van der Waals surface area contributed by atoms with Gasteiger partial charge >= 0.3 is 0 Å². The van der Waals surface area contributed by atoms with Crippen molar-refractivity contribution >= 4 is 11.6 Å². The smallest absolute Gasteiger partial charge is 0.163 e. The van der Waals surface area contributed by atoms with Gasteiger partial charge in [0.15, 0.2) is 5.82 Å². The van der Waals surface area contributed by atoms with Crippen LogP contribution < -0.4 is 15.4 Å². The van der Waals surface area contributed by atoms with Gasteiger partial charge in [-0.2, -0.15) is 0 Å². The fourth-order valence-electron chi connectivity index (χ4n) is 2.56. The van der Waals surface area contributed by atoms with Crippen LogP contribution in [0.15, 0.2) is 60.7 Å². The van der Waals surface area contributed by atoms with Crippen molar-refractivity contribution in [3.05, 3.63) is 66.2 Å². The molecule has 0 unspecified atom stereocenters. The van der Waals surface area contributed by atoms with Gasteiger partial charge in [0.2, 0.25) is 0 Å². The first kappa shape index (κ1) is 18.7. The van der Waals surface area contributed by atoms with Crippen molar-refractivity contribution in [3.8, 4) is 17.1 Å². The fourth-order valence-corrected chi connectivity index (χ4v) is 2.56. The molecule has 0 atom stereocenters. The number of ether oxygens (including phenoxy) is 2. The van der Waals surface area contributed by atoms with Crippen LogP contribution >= 0.6 is 0 Å². The summed E-state index contributed by atoms with van der Waals surface area (Å²) in [7, 11) is 3.34. The Balaban J connectivity index is 1.78. The molecule has 140 valence electrons. The van der Waals surface area contributed by atoms with Crippen molar-refractivity contribution in [2.75, 3.05) is 38.0 Å². The predicted octanol–water partition coefficient (Wildman–Crippen LogP) is 3.82. The van der Waals surface area contributed by atoms with E-state index in [0.29, 0.717) is 25.5 Å². The number of rotatable bonds is 9. The maximum Gasteiger partial charge on any atom is 0.163 e. The van der Waals surface area contributed by atoms with Crippen LogP contribution in [0.1, 0.15) is 5.56 Å². The predicted molar refractivity (Wildman–Crippen MR) is 108 cm³/mol. The third kappa shape index (κ3) is 5.43. The van der Waals surface area contributed by atoms with Gasteiger partial charge in [0, 0.05) is 31.8 Å². The van der Waals surface area contributed by atoms with Gasteiger partial charge in [0.1, 0.15) is 17.4 Å². The summed E-state index contributed by atoms with van der Waals surface area (Å²) in [6.07, 6.45) is 0. The highest BCUT2D eigenvalue weighted by Crippen LogP contribution is 2.21. The summed E-state index contributed by atoms with van der Waals surface area (Å²) in [6.45, 7) is 1.95. The van der Waals surface area contributed by atoms with E-state index in [0.717, 1.165) is 28.5 Å². The molecule has 2 aromatic carbocycles. The molecular formula is C21H24N4O2. The second-order valence-electron chi connectivity index (χ2n) is 5.95. The molecule has 0 aliphatic heterocycles. The molecule has 0 fully saturated rings. The molecule has 0 amide bonds. The number of aromatic nitrogens is 2. The minimum absolute atomic E-state index is 0.610. The van der Waals surface area contributed by atoms with E-state index in [1.165, 1.54) is 0 Å². The van der Waals surface area contributed by atoms with Crippen molar-refractivity contribution in [2.45, 2.75) is 6.54 Å². The third-order valence-corrected chi connectivity index (χ3v) is 4.00. The summed E-state index contributed by atoms with van der Waals surface area (Å²) >= 11 is 0. The maximum absolute atomic E-state index is 5.20. The lowest BCUT2D eigenvalue weighted by atomic mass is 10.2. The molecule has 1 aromatic heterocycles. The number of hydrogen-bond donors (Lipinski definition) is 2. The molecule has 0 aliphatic rings. The van der Waals surface area contributed by atoms with Gasteiger partial charge in [-0.1, -0.05) is 42.5 Å². The Morgan fingerprint density at radius 1 is 0.852 bits per heavy atom. The maximum atomic E-state index is 5.20. The first-order chi connectivity index (χ1) is 13.3. The van der Waals surface area contributed by atoms with Crippen LogP contribution in [0.2, 0.25) is 0 Å². The number of anilines is 2. The Bertz CT molecular complexity index is 839. The van der Waals surface area contributed by atoms with Gasteiger partial charge in [-0.3, -0.25) is 0 Å². The van der Waals surface area contributed by atoms with Crippen LogP contribution in [0.3, 0.4) is 0 Å². The fraction of sp³-hybridized carbons (Fsp3) is 0.238. The first-order valence-electron chi connectivity index (χ1n) is 8.82. The summed E-state index contributed by atoms with van der Waals surface area (Å²) in [6, 6.07) is 19.8. The highest BCUT2D eigenvalue weighted by molar-refractivity contribution is 5.61. The van der Waals surface area contributed by atoms with E-state index in [-0.39, 0.29) is 0 Å². The average Bonchev–Trinajstić information content (AvgIpc) is 2.73. The van der Waals surface area contributed by atoms with E-state index in [2.05, 4.69) is 20.6 Å². The van der Waals surface area contributed by atoms with Crippen molar-refractivity contribution < 1.29 is 9.47 Å². The van der Waals surface area contributed by atoms with E-state index in [4.69, 9.17) is 9.47 Å². The summed E-state index contributed by atoms with van der Waals surface area (Å²) in [4.78, 5) is 9.28. The Kier molecular flexibility index (Phi) is 6.60. The van der Waals surface area contributed by atoms with Crippen LogP contribution in [-0.4, -0.2) is 37.3 Å². The second-order valence-corrected chi connectivity index (χ2v) is 5.95. The van der Waals surface area contributed by atoms with E-state index in [1.807, 2.05) is 60.7 Å². The summed E-state index contributed by atoms with van der Waals surface area (Å²) in [5, 5.41) is 6.65. The van der Waals surface area contributed by atoms with Gasteiger partial charge in [0.25, 0.3) is 0 Å². The van der Waals surface area contributed by atoms with E-state index < -0.39 is 0 Å². The topological polar surface area (TPSA) is 68.3 Å². The molecule has 0 radical (unpaired) electrons. The zero-order valence-corrected chi connectivity index (χ0v) is 15.6. The molecule has 0 bridgehead atoms. The van der Waals surface area contributed by atoms with Crippen LogP contribution in [0.5, 0.6) is 5.75 Å². The van der Waals surface area contributed by atoms with Crippen molar-refractivity contribution in [1.29, 1.82) is 0 Å². The molecule has 3 rings (SSSR count). The number of hydrogen-bond acceptors (Lipinski definition) is 6. The summed E-state index contributed by atoms with van der Waals surface area (Å²) < 4.78 is 10.3. The third-order valence-electron chi connectivity index (χ3n) is 4.00. The lowest BCUT2D eigenvalue weighted by Gasteiger charge is -2.12. The van der Waals surface area contributed by atoms with Crippen molar-refractivity contribution in [3.63, 3.8) is 0 Å². The normalized spacial score (nSPS) is 10.4. The summed E-state index contributed by atoms with van der Waals surface area (Å²) in [5.74, 6) is 3.05. The van der Waals surface area contributed by atoms with E-state index in [9.17, 15) is 0 Å². The van der Waals surface area contributed by atoms with E-state index >= 15 is 0 Å². The molecule has 27 heavy (non-hydrogen) atoms. The Morgan fingerprint density at radius 3 is 2.22 bits per heavy atom. The van der Waals surface area contributed by atoms with Gasteiger partial charge < -0.3 is 20.1 Å². The SMILES string of the molecule is COCCNc1cc(NCc2ccc(OC)cc2)nc(-c2ccccc2)n1. The van der Waals surface area contributed by atoms with Crippen molar-refractivity contribution in [2.24, 2.45) is 0 Å². The number of benzene rings is 2. The zero-order valence-electron chi connectivity index (χ0n) is 15.6. The standard InChI is InChI=1S/C21H24N4O2/c1-26-13-12-22-19-14-20(23-15-16-8-10-18(27-2)11-9-16)25-21(24-19)17-6-4-3-5-7-17/h3-11,14H,12-13,15H2,1-2H3,(H2,22,23,24,25). The number of nitrogens with one attached hydrogen (secondary N) is 2. The molecule has 6 heteroatoms. The average molecular weight is 364 g/mol. The lowest BCUT2D eigenvalue weighted by molar-refractivity contribution is 0.210. The van der Waals surface area contributed by atoms with Crippen molar-refractivity contribution in [1.82, 2.24) is 9.97 Å². The van der Waals surface area contributed by atoms with E-state index in [1.54, 1.807) is 14.2 Å². The highest BCUT2D eigenvalue weighted by atomic mass is 16.5. The molecule has 1 heterocycles. The highest BCUT2D eigenvalue weighted by Gasteiger charge is 2.07. The molecule has 6 nitrogen and oxygen atoms in total. The minimum atomic E-state index is 0.610. The lowest BCUT2D eigenvalue weighted by Crippen LogP contribution is -2.11. The second kappa shape index (κ2) is 9.54. The van der Waals surface area contributed by atoms with Crippen LogP contribution in [-0.2, 0) is 11.3 Å². The molecule has 3 aromatic rings. The number of methoxy groups -OCH3 is 2. The molecule has 2 N–H and O–H groups in total. The molecule has 0 saturated carbocycles. The first-order valence-corrected chi connectivity index (χ1v) is 8.82. The van der Waals surface area contributed by atoms with Crippen LogP contribution in [0.4, 0.5) is 11.6 Å². The van der Waals surface area contributed by atoms with Gasteiger partial charge in [-0.15, -0.1) is 0 Å². The number of nitrogens with zero attached hydrogens (tertiary/aromatic N) is 2. The Hall–Kier alpha value is -3.12. The molecule has 0 aliphatic carbocycles. The van der Waals surface area contributed by atoms with Crippen LogP contribution in [0.25, 0.3) is 11.4 Å². The van der Waals surface area contributed by atoms with Gasteiger partial charge in [0.05, 0.1) is 13.7 Å². The molecule has 0 spiro atoms. The Labute approximate surface area is 159 Å². The Morgan fingerprint density at radius 2 is 1.56 bits per heavy atom. The van der Waals surface area contributed by atoms with Gasteiger partial charge in [-0.05, 0) is 17.7 Å². The quantitative estimate of drug-likeness (QED) is 0.563. The molecular weight excluding hydrogens is 340 g/mol. The monoisotopic (exact) mass is 364 g/mol. The minimum Gasteiger partial charge on any atom is -0.497 e.